The predicted molar refractivity (Wildman–Crippen MR) is 66.8 cm³/mol. The van der Waals surface area contributed by atoms with Crippen molar-refractivity contribution in [3.8, 4) is 0 Å². The molecular weight excluding hydrogens is 254 g/mol. The zero-order valence-electron chi connectivity index (χ0n) is 9.37. The summed E-state index contributed by atoms with van der Waals surface area (Å²) in [5.41, 5.74) is 1.23. The standard InChI is InChI=1S/C12H18BrNO/c1-8(10(3)15)14-9(2)11-4-6-12(13)7-5-11/h4-10,14-15H,1-3H3/t8?,9-,10?/m0/s1. The first-order valence-corrected chi connectivity index (χ1v) is 5.99. The van der Waals surface area contributed by atoms with Crippen LogP contribution < -0.4 is 5.32 Å². The normalized spacial score (nSPS) is 17.1. The molecule has 2 N–H and O–H groups in total. The Bertz CT molecular complexity index is 297. The molecule has 0 radical (unpaired) electrons. The molecule has 0 aliphatic carbocycles. The van der Waals surface area contributed by atoms with E-state index in [1.807, 2.05) is 19.1 Å². The second-order valence-corrected chi connectivity index (χ2v) is 4.88. The van der Waals surface area contributed by atoms with Gasteiger partial charge in [-0.25, -0.2) is 0 Å². The highest BCUT2D eigenvalue weighted by molar-refractivity contribution is 9.10. The summed E-state index contributed by atoms with van der Waals surface area (Å²) in [7, 11) is 0. The van der Waals surface area contributed by atoms with Crippen LogP contribution in [0.4, 0.5) is 0 Å². The van der Waals surface area contributed by atoms with Gasteiger partial charge in [0.05, 0.1) is 6.10 Å². The van der Waals surface area contributed by atoms with Crippen molar-refractivity contribution in [2.75, 3.05) is 0 Å². The van der Waals surface area contributed by atoms with Crippen LogP contribution in [0.1, 0.15) is 32.4 Å². The minimum absolute atomic E-state index is 0.101. The van der Waals surface area contributed by atoms with Crippen molar-refractivity contribution in [3.05, 3.63) is 34.3 Å². The Morgan fingerprint density at radius 2 is 1.67 bits per heavy atom. The minimum Gasteiger partial charge on any atom is -0.392 e. The average Bonchev–Trinajstić information content (AvgIpc) is 2.18. The van der Waals surface area contributed by atoms with Crippen LogP contribution in [-0.2, 0) is 0 Å². The van der Waals surface area contributed by atoms with Gasteiger partial charge in [0.1, 0.15) is 0 Å². The number of aliphatic hydroxyl groups excluding tert-OH is 1. The summed E-state index contributed by atoms with van der Waals surface area (Å²) in [6.45, 7) is 5.88. The third kappa shape index (κ3) is 3.93. The van der Waals surface area contributed by atoms with E-state index in [9.17, 15) is 5.11 Å². The highest BCUT2D eigenvalue weighted by atomic mass is 79.9. The van der Waals surface area contributed by atoms with E-state index in [1.165, 1.54) is 5.56 Å². The maximum Gasteiger partial charge on any atom is 0.0662 e. The Hall–Kier alpha value is -0.380. The van der Waals surface area contributed by atoms with Gasteiger partial charge in [-0.2, -0.15) is 0 Å². The molecule has 0 heterocycles. The van der Waals surface area contributed by atoms with Gasteiger partial charge in [-0.1, -0.05) is 28.1 Å². The number of hydrogen-bond donors (Lipinski definition) is 2. The third-order valence-corrected chi connectivity index (χ3v) is 3.14. The van der Waals surface area contributed by atoms with Crippen LogP contribution in [0.25, 0.3) is 0 Å². The van der Waals surface area contributed by atoms with Gasteiger partial charge in [0.25, 0.3) is 0 Å². The van der Waals surface area contributed by atoms with E-state index in [4.69, 9.17) is 0 Å². The maximum absolute atomic E-state index is 9.39. The lowest BCUT2D eigenvalue weighted by molar-refractivity contribution is 0.147. The summed E-state index contributed by atoms with van der Waals surface area (Å²) < 4.78 is 1.09. The van der Waals surface area contributed by atoms with Gasteiger partial charge in [0.2, 0.25) is 0 Å². The van der Waals surface area contributed by atoms with E-state index < -0.39 is 0 Å². The van der Waals surface area contributed by atoms with Crippen molar-refractivity contribution in [3.63, 3.8) is 0 Å². The molecule has 1 rings (SSSR count). The van der Waals surface area contributed by atoms with Crippen molar-refractivity contribution in [1.82, 2.24) is 5.32 Å². The van der Waals surface area contributed by atoms with E-state index in [1.54, 1.807) is 6.92 Å². The molecule has 2 unspecified atom stereocenters. The van der Waals surface area contributed by atoms with Crippen molar-refractivity contribution in [2.24, 2.45) is 0 Å². The Kier molecular flexibility index (Phi) is 4.77. The molecule has 0 bridgehead atoms. The molecule has 1 aromatic rings. The molecule has 2 nitrogen and oxygen atoms in total. The zero-order chi connectivity index (χ0) is 11.4. The number of rotatable bonds is 4. The largest absolute Gasteiger partial charge is 0.392 e. The van der Waals surface area contributed by atoms with E-state index in [-0.39, 0.29) is 18.2 Å². The van der Waals surface area contributed by atoms with Crippen molar-refractivity contribution in [2.45, 2.75) is 39.0 Å². The molecule has 0 saturated heterocycles. The molecule has 0 saturated carbocycles. The third-order valence-electron chi connectivity index (χ3n) is 2.61. The van der Waals surface area contributed by atoms with Gasteiger partial charge < -0.3 is 10.4 Å². The lowest BCUT2D eigenvalue weighted by Crippen LogP contribution is -2.37. The second kappa shape index (κ2) is 5.64. The van der Waals surface area contributed by atoms with Gasteiger partial charge in [-0.15, -0.1) is 0 Å². The van der Waals surface area contributed by atoms with Crippen LogP contribution in [0.15, 0.2) is 28.7 Å². The molecule has 1 aromatic carbocycles. The predicted octanol–water partition coefficient (Wildman–Crippen LogP) is 2.87. The summed E-state index contributed by atoms with van der Waals surface area (Å²) >= 11 is 3.41. The quantitative estimate of drug-likeness (QED) is 0.883. The summed E-state index contributed by atoms with van der Waals surface area (Å²) in [5.74, 6) is 0. The number of hydrogen-bond acceptors (Lipinski definition) is 2. The van der Waals surface area contributed by atoms with Crippen LogP contribution in [-0.4, -0.2) is 17.3 Å². The number of benzene rings is 1. The van der Waals surface area contributed by atoms with Gasteiger partial charge in [-0.3, -0.25) is 0 Å². The minimum atomic E-state index is -0.331. The highest BCUT2D eigenvalue weighted by Crippen LogP contribution is 2.17. The fourth-order valence-corrected chi connectivity index (χ4v) is 1.65. The monoisotopic (exact) mass is 271 g/mol. The van der Waals surface area contributed by atoms with E-state index in [2.05, 4.69) is 40.3 Å². The first kappa shape index (κ1) is 12.7. The lowest BCUT2D eigenvalue weighted by Gasteiger charge is -2.22. The maximum atomic E-state index is 9.39. The molecule has 0 aliphatic heterocycles. The lowest BCUT2D eigenvalue weighted by atomic mass is 10.1. The van der Waals surface area contributed by atoms with Crippen LogP contribution in [0, 0.1) is 0 Å². The summed E-state index contributed by atoms with van der Waals surface area (Å²) in [5, 5.41) is 12.7. The summed E-state index contributed by atoms with van der Waals surface area (Å²) in [6.07, 6.45) is -0.331. The van der Waals surface area contributed by atoms with Crippen molar-refractivity contribution >= 4 is 15.9 Å². The molecule has 0 aliphatic rings. The first-order valence-electron chi connectivity index (χ1n) is 5.20. The highest BCUT2D eigenvalue weighted by Gasteiger charge is 2.12. The van der Waals surface area contributed by atoms with Gasteiger partial charge in [0.15, 0.2) is 0 Å². The van der Waals surface area contributed by atoms with E-state index in [0.717, 1.165) is 4.47 Å². The number of aliphatic hydroxyl groups is 1. The SMILES string of the molecule is CC(O)C(C)N[C@@H](C)c1ccc(Br)cc1. The summed E-state index contributed by atoms with van der Waals surface area (Å²) in [6, 6.07) is 8.57. The molecule has 0 spiro atoms. The zero-order valence-corrected chi connectivity index (χ0v) is 11.0. The van der Waals surface area contributed by atoms with Gasteiger partial charge in [0, 0.05) is 16.6 Å². The Balaban J connectivity index is 2.61. The second-order valence-electron chi connectivity index (χ2n) is 3.97. The average molecular weight is 272 g/mol. The fraction of sp³-hybridized carbons (Fsp3) is 0.500. The van der Waals surface area contributed by atoms with Crippen molar-refractivity contribution < 1.29 is 5.11 Å². The first-order chi connectivity index (χ1) is 7.00. The molecule has 0 fully saturated rings. The van der Waals surface area contributed by atoms with E-state index in [0.29, 0.717) is 0 Å². The Morgan fingerprint density at radius 3 is 2.13 bits per heavy atom. The molecule has 84 valence electrons. The topological polar surface area (TPSA) is 32.3 Å². The van der Waals surface area contributed by atoms with Gasteiger partial charge >= 0.3 is 0 Å². The molecule has 0 amide bonds. The Labute approximate surface area is 99.8 Å². The Morgan fingerprint density at radius 1 is 1.13 bits per heavy atom. The van der Waals surface area contributed by atoms with Gasteiger partial charge in [-0.05, 0) is 38.5 Å². The molecule has 3 heteroatoms. The van der Waals surface area contributed by atoms with Crippen LogP contribution in [0.3, 0.4) is 0 Å². The van der Waals surface area contributed by atoms with Crippen LogP contribution in [0.5, 0.6) is 0 Å². The van der Waals surface area contributed by atoms with Crippen molar-refractivity contribution in [1.29, 1.82) is 0 Å². The van der Waals surface area contributed by atoms with Crippen LogP contribution in [0.2, 0.25) is 0 Å². The van der Waals surface area contributed by atoms with E-state index >= 15 is 0 Å². The molecule has 15 heavy (non-hydrogen) atoms. The smallest absolute Gasteiger partial charge is 0.0662 e. The fourth-order valence-electron chi connectivity index (χ4n) is 1.38. The summed E-state index contributed by atoms with van der Waals surface area (Å²) in [4.78, 5) is 0. The molecule has 0 aromatic heterocycles. The number of halogens is 1. The molecule has 3 atom stereocenters. The van der Waals surface area contributed by atoms with Crippen LogP contribution >= 0.6 is 15.9 Å². The number of nitrogens with one attached hydrogen (secondary N) is 1. The molecular formula is C12H18BrNO.